The number of hydrogen-bond donors (Lipinski definition) is 0. The molecule has 6 fully saturated rings. The summed E-state index contributed by atoms with van der Waals surface area (Å²) in [6, 6.07) is 0. The topological polar surface area (TPSA) is 0 Å². The Kier molecular flexibility index (Phi) is 26.8. The van der Waals surface area contributed by atoms with Gasteiger partial charge in [-0.15, -0.1) is 0 Å². The van der Waals surface area contributed by atoms with Gasteiger partial charge in [0.05, 0.1) is 26.2 Å². The number of piperazine rings is 6. The van der Waals surface area contributed by atoms with E-state index in [9.17, 15) is 0 Å². The molecule has 0 aliphatic carbocycles. The standard InChI is InChI=1S/C54H110N4/c1-3-5-7-9-11-13-15-17-19-21-23-25-27-29-31-35-39-55-43-49-57(50-44-55,51-45-55)41-37-33-34-38-42-58-52-46-56(47-53-58,48-54-58)40-36-32-30-28-26-24-22-20-18-16-14-12-10-8-6-4-2/h3-54H2,1-2H3/q+4. The summed E-state index contributed by atoms with van der Waals surface area (Å²) in [6.07, 6.45) is 53.4. The van der Waals surface area contributed by atoms with Gasteiger partial charge in [-0.25, -0.2) is 0 Å². The number of rotatable bonds is 41. The first-order valence-electron chi connectivity index (χ1n) is 28.0. The molecule has 6 aliphatic rings. The molecule has 342 valence electrons. The third-order valence-electron chi connectivity index (χ3n) is 17.3. The van der Waals surface area contributed by atoms with Gasteiger partial charge in [-0.05, 0) is 51.4 Å². The Morgan fingerprint density at radius 3 is 0.431 bits per heavy atom. The molecule has 0 unspecified atom stereocenters. The highest BCUT2D eigenvalue weighted by molar-refractivity contribution is 4.65. The molecule has 4 nitrogen and oxygen atoms in total. The van der Waals surface area contributed by atoms with E-state index >= 15 is 0 Å². The molecule has 0 aromatic carbocycles. The molecule has 58 heavy (non-hydrogen) atoms. The smallest absolute Gasteiger partial charge is 0.129 e. The fraction of sp³-hybridized carbons (Fsp3) is 1.00. The average molecular weight is 816 g/mol. The minimum atomic E-state index is 1.37. The monoisotopic (exact) mass is 815 g/mol. The molecule has 6 saturated heterocycles. The van der Waals surface area contributed by atoms with Crippen LogP contribution in [0.4, 0.5) is 0 Å². The second-order valence-electron chi connectivity index (χ2n) is 22.0. The maximum atomic E-state index is 2.32. The molecule has 6 rings (SSSR count). The molecule has 0 atom stereocenters. The van der Waals surface area contributed by atoms with Gasteiger partial charge in [0.15, 0.2) is 0 Å². The van der Waals surface area contributed by atoms with Crippen molar-refractivity contribution in [2.45, 2.75) is 245 Å². The zero-order valence-electron chi connectivity index (χ0n) is 40.6. The lowest BCUT2D eigenvalue weighted by Gasteiger charge is -2.56. The molecular formula is C54H110N4+4. The van der Waals surface area contributed by atoms with Gasteiger partial charge in [-0.1, -0.05) is 194 Å². The summed E-state index contributed by atoms with van der Waals surface area (Å²) in [6.45, 7) is 28.6. The fourth-order valence-corrected chi connectivity index (χ4v) is 12.5. The Bertz CT molecular complexity index is 838. The minimum absolute atomic E-state index is 1.37. The molecule has 4 heteroatoms. The largest absolute Gasteiger partial charge is 0.310 e. The summed E-state index contributed by atoms with van der Waals surface area (Å²) in [5.74, 6) is 0. The maximum absolute atomic E-state index is 2.32. The van der Waals surface area contributed by atoms with Crippen LogP contribution in [0.3, 0.4) is 0 Å². The van der Waals surface area contributed by atoms with Crippen LogP contribution in [0.5, 0.6) is 0 Å². The molecule has 0 radical (unpaired) electrons. The maximum Gasteiger partial charge on any atom is 0.129 e. The van der Waals surface area contributed by atoms with Gasteiger partial charge in [0.25, 0.3) is 0 Å². The predicted molar refractivity (Wildman–Crippen MR) is 256 cm³/mol. The van der Waals surface area contributed by atoms with Gasteiger partial charge < -0.3 is 17.9 Å². The normalized spacial score (nSPS) is 26.6. The minimum Gasteiger partial charge on any atom is -0.310 e. The summed E-state index contributed by atoms with van der Waals surface area (Å²) < 4.78 is 5.99. The number of fused-ring (bicyclic) bond motifs is 6. The second-order valence-corrected chi connectivity index (χ2v) is 22.0. The second kappa shape index (κ2) is 30.8. The van der Waals surface area contributed by atoms with Crippen LogP contribution in [0.25, 0.3) is 0 Å². The van der Waals surface area contributed by atoms with Crippen LogP contribution in [0.15, 0.2) is 0 Å². The first-order valence-corrected chi connectivity index (χ1v) is 28.0. The highest BCUT2D eigenvalue weighted by Crippen LogP contribution is 2.30. The predicted octanol–water partition coefficient (Wildman–Crippen LogP) is 14.4. The van der Waals surface area contributed by atoms with Crippen molar-refractivity contribution >= 4 is 0 Å². The lowest BCUT2D eigenvalue weighted by molar-refractivity contribution is -1.08. The Morgan fingerprint density at radius 1 is 0.172 bits per heavy atom. The molecule has 0 aromatic heterocycles. The molecule has 0 saturated carbocycles. The Balaban J connectivity index is 0.892. The van der Waals surface area contributed by atoms with Gasteiger partial charge >= 0.3 is 0 Å². The van der Waals surface area contributed by atoms with Crippen LogP contribution in [-0.2, 0) is 0 Å². The molecule has 0 N–H and O–H groups in total. The molecule has 6 heterocycles. The van der Waals surface area contributed by atoms with Gasteiger partial charge in [-0.3, -0.25) is 0 Å². The van der Waals surface area contributed by atoms with E-state index in [0.717, 1.165) is 0 Å². The third kappa shape index (κ3) is 20.4. The number of nitrogens with zero attached hydrogens (tertiary/aromatic N) is 4. The van der Waals surface area contributed by atoms with E-state index in [-0.39, 0.29) is 0 Å². The van der Waals surface area contributed by atoms with Crippen molar-refractivity contribution in [3.63, 3.8) is 0 Å². The summed E-state index contributed by atoms with van der Waals surface area (Å²) >= 11 is 0. The Labute approximate surface area is 366 Å². The van der Waals surface area contributed by atoms with E-state index in [2.05, 4.69) is 13.8 Å². The van der Waals surface area contributed by atoms with E-state index in [0.29, 0.717) is 0 Å². The highest BCUT2D eigenvalue weighted by atomic mass is 15.5. The van der Waals surface area contributed by atoms with Crippen molar-refractivity contribution in [3.05, 3.63) is 0 Å². The fourth-order valence-electron chi connectivity index (χ4n) is 12.5. The van der Waals surface area contributed by atoms with Gasteiger partial charge in [0.2, 0.25) is 0 Å². The highest BCUT2D eigenvalue weighted by Gasteiger charge is 2.49. The van der Waals surface area contributed by atoms with E-state index in [1.165, 1.54) is 354 Å². The molecule has 6 aliphatic heterocycles. The number of unbranched alkanes of at least 4 members (excludes halogenated alkanes) is 33. The van der Waals surface area contributed by atoms with Crippen molar-refractivity contribution < 1.29 is 17.9 Å². The van der Waals surface area contributed by atoms with Gasteiger partial charge in [-0.2, -0.15) is 0 Å². The summed E-state index contributed by atoms with van der Waals surface area (Å²) in [4.78, 5) is 0. The number of quaternary nitrogens is 4. The van der Waals surface area contributed by atoms with E-state index < -0.39 is 0 Å². The van der Waals surface area contributed by atoms with Crippen molar-refractivity contribution in [2.75, 3.05) is 105 Å². The Morgan fingerprint density at radius 2 is 0.293 bits per heavy atom. The third-order valence-corrected chi connectivity index (χ3v) is 17.3. The first kappa shape index (κ1) is 50.5. The van der Waals surface area contributed by atoms with Gasteiger partial charge in [0.1, 0.15) is 78.5 Å². The zero-order valence-corrected chi connectivity index (χ0v) is 40.6. The van der Waals surface area contributed by atoms with E-state index in [1.807, 2.05) is 0 Å². The molecule has 0 aromatic rings. The van der Waals surface area contributed by atoms with Crippen LogP contribution in [0.1, 0.15) is 245 Å². The zero-order chi connectivity index (χ0) is 40.8. The van der Waals surface area contributed by atoms with Crippen LogP contribution in [-0.4, -0.2) is 123 Å². The molecular weight excluding hydrogens is 705 g/mol. The van der Waals surface area contributed by atoms with Crippen LogP contribution in [0.2, 0.25) is 0 Å². The summed E-state index contributed by atoms with van der Waals surface area (Å²) in [5.41, 5.74) is 0. The van der Waals surface area contributed by atoms with Crippen LogP contribution >= 0.6 is 0 Å². The first-order chi connectivity index (χ1) is 28.6. The van der Waals surface area contributed by atoms with Crippen molar-refractivity contribution in [1.82, 2.24) is 0 Å². The van der Waals surface area contributed by atoms with Gasteiger partial charge in [0, 0.05) is 0 Å². The van der Waals surface area contributed by atoms with E-state index in [4.69, 9.17) is 0 Å². The quantitative estimate of drug-likeness (QED) is 0.0426. The lowest BCUT2D eigenvalue weighted by atomic mass is 10.0. The summed E-state index contributed by atoms with van der Waals surface area (Å²) in [7, 11) is 0. The average Bonchev–Trinajstić information content (AvgIpc) is 3.26. The van der Waals surface area contributed by atoms with Crippen LogP contribution in [0, 0.1) is 0 Å². The molecule has 0 amide bonds. The Hall–Kier alpha value is -0.160. The van der Waals surface area contributed by atoms with Crippen molar-refractivity contribution in [1.29, 1.82) is 0 Å². The van der Waals surface area contributed by atoms with E-state index in [1.54, 1.807) is 0 Å². The number of hydrogen-bond acceptors (Lipinski definition) is 0. The van der Waals surface area contributed by atoms with Crippen molar-refractivity contribution in [3.8, 4) is 0 Å². The molecule has 0 spiro atoms. The van der Waals surface area contributed by atoms with Crippen LogP contribution < -0.4 is 0 Å². The summed E-state index contributed by atoms with van der Waals surface area (Å²) in [5, 5.41) is 0. The molecule has 4 bridgehead atoms. The van der Waals surface area contributed by atoms with Crippen molar-refractivity contribution in [2.24, 2.45) is 0 Å². The SMILES string of the molecule is CCCCCCCCCCCCCCCCCC[N+]12CC[N+](CCCCCC[N+]34CC[N+](CCCCCCCCCCCCCCCCCC)(CC3)CC4)(CC1)CC2. The lowest BCUT2D eigenvalue weighted by Crippen LogP contribution is -2.75.